The van der Waals surface area contributed by atoms with Gasteiger partial charge in [0.15, 0.2) is 0 Å². The van der Waals surface area contributed by atoms with Crippen molar-refractivity contribution in [2.75, 3.05) is 0 Å². The van der Waals surface area contributed by atoms with Gasteiger partial charge in [-0.1, -0.05) is 12.1 Å². The van der Waals surface area contributed by atoms with Crippen molar-refractivity contribution in [3.8, 4) is 0 Å². The maximum absolute atomic E-state index is 11.1. The van der Waals surface area contributed by atoms with Crippen molar-refractivity contribution in [1.82, 2.24) is 4.72 Å². The van der Waals surface area contributed by atoms with Crippen LogP contribution in [0.3, 0.4) is 0 Å². The van der Waals surface area contributed by atoms with Crippen LogP contribution in [0.25, 0.3) is 0 Å². The van der Waals surface area contributed by atoms with E-state index < -0.39 is 15.9 Å². The van der Waals surface area contributed by atoms with E-state index in [1.165, 1.54) is 12.1 Å². The smallest absolute Gasteiger partial charge is 0.266 e. The number of amides is 1. The van der Waals surface area contributed by atoms with Crippen LogP contribution in [0.1, 0.15) is 10.4 Å². The minimum atomic E-state index is -3.55. The third kappa shape index (κ3) is 1.99. The predicted molar refractivity (Wildman–Crippen MR) is 50.5 cm³/mol. The Morgan fingerprint density at radius 2 is 1.71 bits per heavy atom. The van der Waals surface area contributed by atoms with Gasteiger partial charge >= 0.3 is 0 Å². The van der Waals surface area contributed by atoms with E-state index in [-0.39, 0.29) is 45.5 Å². The third-order valence-electron chi connectivity index (χ3n) is 1.65. The quantitative estimate of drug-likeness (QED) is 0.567. The molecule has 0 bridgehead atoms. The van der Waals surface area contributed by atoms with E-state index in [9.17, 15) is 13.2 Å². The molecule has 14 heavy (non-hydrogen) atoms. The molecule has 1 radical (unpaired) electrons. The molecule has 0 aliphatic carbocycles. The molecule has 1 aromatic carbocycles. The topological polar surface area (TPSA) is 94.7 Å². The van der Waals surface area contributed by atoms with Gasteiger partial charge in [-0.3, -0.25) is 4.79 Å². The summed E-state index contributed by atoms with van der Waals surface area (Å²) >= 11 is 0. The summed E-state index contributed by atoms with van der Waals surface area (Å²) in [6.45, 7) is 0. The maximum atomic E-state index is 11.1. The Labute approximate surface area is 103 Å². The second-order valence-electron chi connectivity index (χ2n) is 2.43. The zero-order chi connectivity index (χ0) is 8.77. The van der Waals surface area contributed by atoms with E-state index in [0.717, 1.165) is 0 Å². The molecule has 1 aliphatic rings. The number of benzene rings is 1. The van der Waals surface area contributed by atoms with Gasteiger partial charge in [-0.05, 0) is 12.1 Å². The van der Waals surface area contributed by atoms with Crippen molar-refractivity contribution in [1.29, 1.82) is 0 Å². The van der Waals surface area contributed by atoms with Gasteiger partial charge in [0.2, 0.25) is 0 Å². The van der Waals surface area contributed by atoms with Gasteiger partial charge in [0, 0.05) is 29.6 Å². The molecule has 7 heteroatoms. The molecular formula is C7H7NNaO4S. The number of hydrogen-bond donors (Lipinski definition) is 1. The zero-order valence-electron chi connectivity index (χ0n) is 7.44. The summed E-state index contributed by atoms with van der Waals surface area (Å²) in [6.07, 6.45) is 0. The Hall–Kier alpha value is -0.400. The van der Waals surface area contributed by atoms with Gasteiger partial charge < -0.3 is 5.48 Å². The molecule has 1 aromatic rings. The predicted octanol–water partition coefficient (Wildman–Crippen LogP) is -1.09. The Kier molecular flexibility index (Phi) is 4.29. The van der Waals surface area contributed by atoms with Crippen LogP contribution in [0.5, 0.6) is 0 Å². The Bertz CT molecular complexity index is 457. The van der Waals surface area contributed by atoms with Crippen LogP contribution in [0.2, 0.25) is 0 Å². The Balaban J connectivity index is 0.000000845. The summed E-state index contributed by atoms with van der Waals surface area (Å²) in [4.78, 5) is 11.1. The van der Waals surface area contributed by atoms with Crippen LogP contribution in [0.4, 0.5) is 0 Å². The first-order valence-corrected chi connectivity index (χ1v) is 4.76. The fraction of sp³-hybridized carbons (Fsp3) is 0. The van der Waals surface area contributed by atoms with Crippen LogP contribution < -0.4 is 4.72 Å². The normalized spacial score (nSPS) is 15.9. The number of carbonyl (C=O) groups excluding carboxylic acids is 1. The molecule has 0 spiro atoms. The number of rotatable bonds is 0. The molecule has 1 aliphatic heterocycles. The van der Waals surface area contributed by atoms with Crippen LogP contribution in [-0.2, 0) is 10.0 Å². The van der Waals surface area contributed by atoms with E-state index in [1.54, 1.807) is 12.1 Å². The molecule has 3 N–H and O–H groups in total. The van der Waals surface area contributed by atoms with E-state index in [4.69, 9.17) is 0 Å². The second kappa shape index (κ2) is 4.41. The van der Waals surface area contributed by atoms with E-state index in [1.807, 2.05) is 4.72 Å². The molecule has 2 rings (SSSR count). The van der Waals surface area contributed by atoms with Crippen LogP contribution >= 0.6 is 0 Å². The van der Waals surface area contributed by atoms with Gasteiger partial charge in [0.1, 0.15) is 4.90 Å². The first kappa shape index (κ1) is 13.6. The average Bonchev–Trinajstić information content (AvgIpc) is 2.25. The van der Waals surface area contributed by atoms with Crippen LogP contribution in [0.15, 0.2) is 29.2 Å². The molecule has 0 fully saturated rings. The SMILES string of the molecule is O.O=C1NS(=O)(=O)c2ccccc21.[Na]. The third-order valence-corrected chi connectivity index (χ3v) is 3.04. The number of sulfonamides is 1. The van der Waals surface area contributed by atoms with Crippen molar-refractivity contribution < 1.29 is 18.7 Å². The first-order valence-electron chi connectivity index (χ1n) is 3.27. The number of fused-ring (bicyclic) bond motifs is 1. The Morgan fingerprint density at radius 1 is 1.14 bits per heavy atom. The minimum absolute atomic E-state index is 0. The summed E-state index contributed by atoms with van der Waals surface area (Å²) in [6, 6.07) is 6.09. The number of nitrogens with one attached hydrogen (secondary N) is 1. The maximum Gasteiger partial charge on any atom is 0.266 e. The van der Waals surface area contributed by atoms with Crippen molar-refractivity contribution in [3.63, 3.8) is 0 Å². The van der Waals surface area contributed by atoms with Crippen molar-refractivity contribution in [3.05, 3.63) is 29.8 Å². The summed E-state index contributed by atoms with van der Waals surface area (Å²) in [5.74, 6) is -0.550. The standard InChI is InChI=1S/C7H5NO3S.Na.H2O/c9-7-5-3-1-2-4-6(5)12(10,11)8-7;;/h1-4H,(H,8,9);;1H2. The van der Waals surface area contributed by atoms with Gasteiger partial charge in [-0.2, -0.15) is 0 Å². The molecule has 5 nitrogen and oxygen atoms in total. The minimum Gasteiger partial charge on any atom is -0.412 e. The number of carbonyl (C=O) groups is 1. The molecule has 0 aromatic heterocycles. The molecule has 0 unspecified atom stereocenters. The molecule has 71 valence electrons. The molecule has 0 saturated heterocycles. The summed E-state index contributed by atoms with van der Waals surface area (Å²) in [7, 11) is -3.55. The summed E-state index contributed by atoms with van der Waals surface area (Å²) in [5.41, 5.74) is 0.220. The van der Waals surface area contributed by atoms with Gasteiger partial charge in [-0.15, -0.1) is 0 Å². The van der Waals surface area contributed by atoms with E-state index >= 15 is 0 Å². The van der Waals surface area contributed by atoms with Crippen molar-refractivity contribution in [2.24, 2.45) is 0 Å². The van der Waals surface area contributed by atoms with Gasteiger partial charge in [-0.25, -0.2) is 13.1 Å². The molecule has 0 saturated carbocycles. The monoisotopic (exact) mass is 224 g/mol. The van der Waals surface area contributed by atoms with E-state index in [2.05, 4.69) is 0 Å². The Morgan fingerprint density at radius 3 is 2.29 bits per heavy atom. The van der Waals surface area contributed by atoms with E-state index in [0.29, 0.717) is 0 Å². The fourth-order valence-corrected chi connectivity index (χ4v) is 2.29. The molecule has 1 heterocycles. The van der Waals surface area contributed by atoms with Crippen LogP contribution in [0, 0.1) is 0 Å². The van der Waals surface area contributed by atoms with Crippen LogP contribution in [-0.4, -0.2) is 49.4 Å². The number of hydrogen-bond acceptors (Lipinski definition) is 3. The summed E-state index contributed by atoms with van der Waals surface area (Å²) in [5, 5.41) is 0. The average molecular weight is 224 g/mol. The largest absolute Gasteiger partial charge is 0.412 e. The van der Waals surface area contributed by atoms with Gasteiger partial charge in [0.25, 0.3) is 15.9 Å². The van der Waals surface area contributed by atoms with Crippen molar-refractivity contribution in [2.45, 2.75) is 4.90 Å². The fourth-order valence-electron chi connectivity index (χ4n) is 1.12. The molecule has 0 atom stereocenters. The second-order valence-corrected chi connectivity index (χ2v) is 4.08. The summed E-state index contributed by atoms with van der Waals surface area (Å²) < 4.78 is 24.2. The first-order chi connectivity index (χ1) is 5.61. The van der Waals surface area contributed by atoms with Gasteiger partial charge in [0.05, 0.1) is 5.56 Å². The molecule has 1 amide bonds. The zero-order valence-corrected chi connectivity index (χ0v) is 10.3. The van der Waals surface area contributed by atoms with Crippen molar-refractivity contribution >= 4 is 45.5 Å². The molecular weight excluding hydrogens is 217 g/mol.